The highest BCUT2D eigenvalue weighted by Gasteiger charge is 2.38. The van der Waals surface area contributed by atoms with E-state index in [1.54, 1.807) is 0 Å². The van der Waals surface area contributed by atoms with E-state index < -0.39 is 5.97 Å². The van der Waals surface area contributed by atoms with Crippen molar-refractivity contribution in [1.82, 2.24) is 4.90 Å². The minimum Gasteiger partial charge on any atom is -0.481 e. The van der Waals surface area contributed by atoms with Crippen molar-refractivity contribution in [3.05, 3.63) is 35.4 Å². The van der Waals surface area contributed by atoms with E-state index in [1.807, 2.05) is 4.90 Å². The third-order valence-electron chi connectivity index (χ3n) is 5.90. The van der Waals surface area contributed by atoms with E-state index in [9.17, 15) is 14.7 Å². The van der Waals surface area contributed by atoms with Crippen LogP contribution in [0.1, 0.15) is 75.5 Å². The number of nitrogens with zero attached hydrogens (tertiary/aromatic N) is 1. The largest absolute Gasteiger partial charge is 0.481 e. The van der Waals surface area contributed by atoms with Crippen molar-refractivity contribution in [3.63, 3.8) is 0 Å². The summed E-state index contributed by atoms with van der Waals surface area (Å²) in [6, 6.07) is 8.83. The first-order chi connectivity index (χ1) is 12.0. The van der Waals surface area contributed by atoms with Gasteiger partial charge in [0.1, 0.15) is 0 Å². The number of carboxylic acids is 1. The van der Waals surface area contributed by atoms with E-state index in [1.165, 1.54) is 11.1 Å². The monoisotopic (exact) mass is 343 g/mol. The van der Waals surface area contributed by atoms with Crippen molar-refractivity contribution in [2.24, 2.45) is 11.8 Å². The number of hydrogen-bond donors (Lipinski definition) is 1. The topological polar surface area (TPSA) is 57.6 Å². The predicted molar refractivity (Wildman–Crippen MR) is 97.3 cm³/mol. The number of rotatable bonds is 4. The fourth-order valence-corrected chi connectivity index (χ4v) is 4.31. The van der Waals surface area contributed by atoms with Crippen LogP contribution in [0.5, 0.6) is 0 Å². The molecule has 1 aliphatic carbocycles. The van der Waals surface area contributed by atoms with Crippen molar-refractivity contribution in [3.8, 4) is 0 Å². The third kappa shape index (κ3) is 3.88. The number of hydrogen-bond acceptors (Lipinski definition) is 2. The summed E-state index contributed by atoms with van der Waals surface area (Å²) < 4.78 is 0. The van der Waals surface area contributed by atoms with Crippen LogP contribution in [0.15, 0.2) is 24.3 Å². The van der Waals surface area contributed by atoms with E-state index in [0.717, 1.165) is 25.8 Å². The van der Waals surface area contributed by atoms with Gasteiger partial charge in [0.15, 0.2) is 0 Å². The summed E-state index contributed by atoms with van der Waals surface area (Å²) in [5, 5.41) is 9.20. The van der Waals surface area contributed by atoms with Gasteiger partial charge in [-0.05, 0) is 55.6 Å². The molecule has 2 fully saturated rings. The van der Waals surface area contributed by atoms with Crippen molar-refractivity contribution in [2.45, 2.75) is 64.3 Å². The fourth-order valence-electron chi connectivity index (χ4n) is 4.31. The van der Waals surface area contributed by atoms with Gasteiger partial charge >= 0.3 is 5.97 Å². The van der Waals surface area contributed by atoms with Crippen LogP contribution >= 0.6 is 0 Å². The number of carbonyl (C=O) groups excluding carboxylic acids is 1. The predicted octanol–water partition coefficient (Wildman–Crippen LogP) is 4.36. The zero-order valence-electron chi connectivity index (χ0n) is 15.3. The molecule has 0 aromatic heterocycles. The number of likely N-dealkylation sites (tertiary alicyclic amines) is 1. The van der Waals surface area contributed by atoms with Crippen LogP contribution in [0.4, 0.5) is 0 Å². The molecule has 2 aliphatic rings. The van der Waals surface area contributed by atoms with E-state index in [-0.39, 0.29) is 23.8 Å². The van der Waals surface area contributed by atoms with Gasteiger partial charge in [-0.15, -0.1) is 0 Å². The molecule has 3 atom stereocenters. The molecular formula is C21H29NO3. The molecule has 1 saturated carbocycles. The molecule has 4 heteroatoms. The maximum Gasteiger partial charge on any atom is 0.306 e. The van der Waals surface area contributed by atoms with Gasteiger partial charge < -0.3 is 10.0 Å². The summed E-state index contributed by atoms with van der Waals surface area (Å²) in [6.07, 6.45) is 5.04. The normalized spacial score (nSPS) is 26.8. The number of carboxylic acid groups (broad SMARTS) is 1. The Hall–Kier alpha value is -1.84. The molecule has 1 N–H and O–H groups in total. The maximum atomic E-state index is 13.1. The van der Waals surface area contributed by atoms with Gasteiger partial charge in [-0.1, -0.05) is 38.1 Å². The van der Waals surface area contributed by atoms with Crippen molar-refractivity contribution in [1.29, 1.82) is 0 Å². The molecule has 0 radical (unpaired) electrons. The van der Waals surface area contributed by atoms with Crippen LogP contribution in [-0.4, -0.2) is 28.4 Å². The van der Waals surface area contributed by atoms with E-state index in [2.05, 4.69) is 38.1 Å². The number of carbonyl (C=O) groups is 2. The Morgan fingerprint density at radius 2 is 1.72 bits per heavy atom. The lowest BCUT2D eigenvalue weighted by Gasteiger charge is -2.38. The van der Waals surface area contributed by atoms with E-state index >= 15 is 0 Å². The molecule has 1 aliphatic heterocycles. The van der Waals surface area contributed by atoms with Crippen LogP contribution in [0.3, 0.4) is 0 Å². The summed E-state index contributed by atoms with van der Waals surface area (Å²) in [5.41, 5.74) is 2.53. The highest BCUT2D eigenvalue weighted by molar-refractivity contribution is 5.81. The Bertz CT molecular complexity index is 623. The fraction of sp³-hybridized carbons (Fsp3) is 0.619. The van der Waals surface area contributed by atoms with Crippen LogP contribution in [0.2, 0.25) is 0 Å². The molecule has 1 unspecified atom stereocenters. The van der Waals surface area contributed by atoms with Gasteiger partial charge in [0.2, 0.25) is 5.91 Å². The van der Waals surface area contributed by atoms with Gasteiger partial charge in [0.05, 0.1) is 12.0 Å². The second-order valence-electron chi connectivity index (χ2n) is 7.91. The first kappa shape index (κ1) is 18.0. The SMILES string of the molecule is CC(C)c1ccc(C2CCCCN2C(=O)[C@@H]2CC[C@H](C(=O)O)C2)cc1. The summed E-state index contributed by atoms with van der Waals surface area (Å²) in [7, 11) is 0. The van der Waals surface area contributed by atoms with Gasteiger partial charge in [0, 0.05) is 12.5 Å². The van der Waals surface area contributed by atoms with E-state index in [4.69, 9.17) is 0 Å². The van der Waals surface area contributed by atoms with Crippen LogP contribution in [-0.2, 0) is 9.59 Å². The lowest BCUT2D eigenvalue weighted by molar-refractivity contribution is -0.142. The minimum atomic E-state index is -0.755. The van der Waals surface area contributed by atoms with Crippen molar-refractivity contribution in [2.75, 3.05) is 6.54 Å². The quantitative estimate of drug-likeness (QED) is 0.883. The lowest BCUT2D eigenvalue weighted by atomic mass is 9.91. The first-order valence-electron chi connectivity index (χ1n) is 9.60. The Balaban J connectivity index is 1.74. The molecule has 0 spiro atoms. The lowest BCUT2D eigenvalue weighted by Crippen LogP contribution is -2.41. The number of aliphatic carboxylic acids is 1. The highest BCUT2D eigenvalue weighted by atomic mass is 16.4. The average molecular weight is 343 g/mol. The molecule has 136 valence electrons. The molecular weight excluding hydrogens is 314 g/mol. The van der Waals surface area contributed by atoms with E-state index in [0.29, 0.717) is 25.2 Å². The van der Waals surface area contributed by atoms with Gasteiger partial charge in [-0.2, -0.15) is 0 Å². The highest BCUT2D eigenvalue weighted by Crippen LogP contribution is 2.37. The minimum absolute atomic E-state index is 0.114. The number of piperidine rings is 1. The molecule has 1 saturated heterocycles. The molecule has 25 heavy (non-hydrogen) atoms. The molecule has 1 aromatic rings. The smallest absolute Gasteiger partial charge is 0.306 e. The van der Waals surface area contributed by atoms with Gasteiger partial charge in [-0.3, -0.25) is 9.59 Å². The summed E-state index contributed by atoms with van der Waals surface area (Å²) in [5.74, 6) is -0.542. The molecule has 3 rings (SSSR count). The Morgan fingerprint density at radius 3 is 2.32 bits per heavy atom. The molecule has 1 aromatic carbocycles. The summed E-state index contributed by atoms with van der Waals surface area (Å²) in [6.45, 7) is 5.17. The Morgan fingerprint density at radius 1 is 1.04 bits per heavy atom. The standard InChI is InChI=1S/C21H29NO3/c1-14(2)15-6-8-16(9-7-15)19-5-3-4-12-22(19)20(23)17-10-11-18(13-17)21(24)25/h6-9,14,17-19H,3-5,10-13H2,1-2H3,(H,24,25)/t17-,18+,19?/m1/s1. The molecule has 0 bridgehead atoms. The molecule has 1 amide bonds. The average Bonchev–Trinajstić information content (AvgIpc) is 3.11. The zero-order valence-corrected chi connectivity index (χ0v) is 15.3. The summed E-state index contributed by atoms with van der Waals surface area (Å²) >= 11 is 0. The van der Waals surface area contributed by atoms with Crippen molar-refractivity contribution >= 4 is 11.9 Å². The Kier molecular flexibility index (Phi) is 5.45. The van der Waals surface area contributed by atoms with Crippen LogP contribution < -0.4 is 0 Å². The number of benzene rings is 1. The second-order valence-corrected chi connectivity index (χ2v) is 7.91. The Labute approximate surface area is 150 Å². The third-order valence-corrected chi connectivity index (χ3v) is 5.90. The molecule has 4 nitrogen and oxygen atoms in total. The maximum absolute atomic E-state index is 13.1. The zero-order chi connectivity index (χ0) is 18.0. The summed E-state index contributed by atoms with van der Waals surface area (Å²) in [4.78, 5) is 26.3. The number of amides is 1. The van der Waals surface area contributed by atoms with Gasteiger partial charge in [0.25, 0.3) is 0 Å². The van der Waals surface area contributed by atoms with Gasteiger partial charge in [-0.25, -0.2) is 0 Å². The first-order valence-corrected chi connectivity index (χ1v) is 9.60. The van der Waals surface area contributed by atoms with Crippen LogP contribution in [0.25, 0.3) is 0 Å². The second kappa shape index (κ2) is 7.59. The molecule has 1 heterocycles. The van der Waals surface area contributed by atoms with Crippen LogP contribution in [0, 0.1) is 11.8 Å². The van der Waals surface area contributed by atoms with Crippen molar-refractivity contribution < 1.29 is 14.7 Å².